The summed E-state index contributed by atoms with van der Waals surface area (Å²) in [7, 11) is 3.01. The van der Waals surface area contributed by atoms with Gasteiger partial charge < -0.3 is 19.7 Å². The summed E-state index contributed by atoms with van der Waals surface area (Å²) in [5.41, 5.74) is 2.23. The number of benzene rings is 2. The highest BCUT2D eigenvalue weighted by Gasteiger charge is 2.20. The summed E-state index contributed by atoms with van der Waals surface area (Å²) in [5.74, 6) is -0.877. The van der Waals surface area contributed by atoms with Crippen molar-refractivity contribution in [2.24, 2.45) is 0 Å². The molecule has 180 valence electrons. The van der Waals surface area contributed by atoms with Crippen molar-refractivity contribution in [2.45, 2.75) is 6.92 Å². The second-order valence-electron chi connectivity index (χ2n) is 7.77. The zero-order valence-electron chi connectivity index (χ0n) is 19.5. The predicted molar refractivity (Wildman–Crippen MR) is 133 cm³/mol. The summed E-state index contributed by atoms with van der Waals surface area (Å²) in [6, 6.07) is 18.2. The fourth-order valence-corrected chi connectivity index (χ4v) is 4.48. The first kappa shape index (κ1) is 24.0. The number of thiophene rings is 1. The second-order valence-corrected chi connectivity index (χ2v) is 8.80. The maximum absolute atomic E-state index is 12.6. The highest BCUT2D eigenvalue weighted by molar-refractivity contribution is 7.20. The number of methoxy groups -OCH3 is 1. The van der Waals surface area contributed by atoms with Crippen LogP contribution in [-0.2, 0) is 14.3 Å². The minimum Gasteiger partial charge on any atom is -0.497 e. The van der Waals surface area contributed by atoms with Gasteiger partial charge in [-0.15, -0.1) is 11.3 Å². The van der Waals surface area contributed by atoms with Crippen LogP contribution in [0.15, 0.2) is 60.7 Å². The molecule has 0 fully saturated rings. The van der Waals surface area contributed by atoms with Gasteiger partial charge in [0.05, 0.1) is 25.0 Å². The van der Waals surface area contributed by atoms with E-state index in [-0.39, 0.29) is 12.5 Å². The number of nitrogens with one attached hydrogen (secondary N) is 1. The lowest BCUT2D eigenvalue weighted by molar-refractivity contribution is -0.136. The van der Waals surface area contributed by atoms with Crippen molar-refractivity contribution in [3.8, 4) is 11.4 Å². The van der Waals surface area contributed by atoms with Crippen LogP contribution in [0.5, 0.6) is 5.75 Å². The number of para-hydroxylation sites is 1. The lowest BCUT2D eigenvalue weighted by Crippen LogP contribution is -2.37. The third kappa shape index (κ3) is 5.49. The minimum absolute atomic E-state index is 0.192. The second kappa shape index (κ2) is 10.4. The molecule has 35 heavy (non-hydrogen) atoms. The molecule has 4 rings (SSSR count). The number of esters is 1. The molecular weight excluding hydrogens is 468 g/mol. The van der Waals surface area contributed by atoms with Gasteiger partial charge in [0.25, 0.3) is 5.91 Å². The molecule has 0 radical (unpaired) electrons. The third-order valence-corrected chi connectivity index (χ3v) is 6.32. The van der Waals surface area contributed by atoms with E-state index in [1.54, 1.807) is 35.0 Å². The summed E-state index contributed by atoms with van der Waals surface area (Å²) in [6.07, 6.45) is 0. The van der Waals surface area contributed by atoms with Crippen molar-refractivity contribution in [1.82, 2.24) is 14.7 Å². The normalized spacial score (nSPS) is 10.7. The lowest BCUT2D eigenvalue weighted by atomic mass is 10.3. The van der Waals surface area contributed by atoms with Crippen molar-refractivity contribution in [3.63, 3.8) is 0 Å². The van der Waals surface area contributed by atoms with E-state index in [0.717, 1.165) is 21.6 Å². The zero-order chi connectivity index (χ0) is 24.9. The van der Waals surface area contributed by atoms with Gasteiger partial charge in [-0.05, 0) is 37.3 Å². The number of rotatable bonds is 8. The zero-order valence-corrected chi connectivity index (χ0v) is 20.3. The Labute approximate surface area is 205 Å². The molecule has 0 atom stereocenters. The van der Waals surface area contributed by atoms with E-state index in [9.17, 15) is 14.4 Å². The summed E-state index contributed by atoms with van der Waals surface area (Å²) in [6.45, 7) is 1.21. The van der Waals surface area contributed by atoms with E-state index < -0.39 is 18.5 Å². The fourth-order valence-electron chi connectivity index (χ4n) is 3.41. The molecule has 2 heterocycles. The number of carbonyl (C=O) groups is 3. The van der Waals surface area contributed by atoms with Crippen LogP contribution in [0.2, 0.25) is 0 Å². The molecule has 0 aliphatic rings. The van der Waals surface area contributed by atoms with Gasteiger partial charge in [-0.3, -0.25) is 9.59 Å². The number of amides is 2. The van der Waals surface area contributed by atoms with Crippen LogP contribution in [0, 0.1) is 6.92 Å². The Morgan fingerprint density at radius 1 is 1.09 bits per heavy atom. The van der Waals surface area contributed by atoms with Gasteiger partial charge in [0.1, 0.15) is 15.5 Å². The molecule has 4 aromatic rings. The maximum Gasteiger partial charge on any atom is 0.348 e. The van der Waals surface area contributed by atoms with Crippen LogP contribution in [0.4, 0.5) is 5.69 Å². The van der Waals surface area contributed by atoms with Gasteiger partial charge in [-0.25, -0.2) is 9.48 Å². The number of nitrogens with zero attached hydrogens (tertiary/aromatic N) is 3. The molecule has 1 N–H and O–H groups in total. The number of fused-ring (bicyclic) bond motifs is 1. The van der Waals surface area contributed by atoms with Crippen LogP contribution in [0.3, 0.4) is 0 Å². The number of aryl methyl sites for hydroxylation is 1. The van der Waals surface area contributed by atoms with Crippen LogP contribution in [0.1, 0.15) is 15.4 Å². The Balaban J connectivity index is 1.34. The Hall–Kier alpha value is -4.18. The number of hydrogen-bond acceptors (Lipinski definition) is 7. The Bertz CT molecular complexity index is 1380. The van der Waals surface area contributed by atoms with Gasteiger partial charge in [0.15, 0.2) is 6.61 Å². The monoisotopic (exact) mass is 492 g/mol. The number of anilines is 1. The number of aromatic nitrogens is 2. The summed E-state index contributed by atoms with van der Waals surface area (Å²) in [4.78, 5) is 39.7. The van der Waals surface area contributed by atoms with E-state index in [1.807, 2.05) is 37.3 Å². The first-order valence-electron chi connectivity index (χ1n) is 10.8. The van der Waals surface area contributed by atoms with Gasteiger partial charge >= 0.3 is 5.97 Å². The average Bonchev–Trinajstić information content (AvgIpc) is 3.43. The quantitative estimate of drug-likeness (QED) is 0.377. The van der Waals surface area contributed by atoms with E-state index in [0.29, 0.717) is 16.3 Å². The van der Waals surface area contributed by atoms with Gasteiger partial charge in [-0.1, -0.05) is 24.3 Å². The predicted octanol–water partition coefficient (Wildman–Crippen LogP) is 3.66. The van der Waals surface area contributed by atoms with Gasteiger partial charge in [-0.2, -0.15) is 5.10 Å². The van der Waals surface area contributed by atoms with Crippen molar-refractivity contribution >= 4 is 45.0 Å². The third-order valence-electron chi connectivity index (χ3n) is 5.23. The number of ether oxygens (including phenoxy) is 2. The molecule has 0 saturated heterocycles. The number of hydrogen-bond donors (Lipinski definition) is 1. The molecule has 10 heteroatoms. The molecule has 2 amide bonds. The van der Waals surface area contributed by atoms with Crippen LogP contribution >= 0.6 is 11.3 Å². The van der Waals surface area contributed by atoms with Gasteiger partial charge in [0, 0.05) is 24.2 Å². The maximum atomic E-state index is 12.6. The molecule has 0 spiro atoms. The van der Waals surface area contributed by atoms with Crippen LogP contribution in [0.25, 0.3) is 15.9 Å². The molecule has 0 bridgehead atoms. The Morgan fingerprint density at radius 2 is 1.86 bits per heavy atom. The van der Waals surface area contributed by atoms with Crippen LogP contribution in [-0.4, -0.2) is 59.8 Å². The summed E-state index contributed by atoms with van der Waals surface area (Å²) < 4.78 is 12.1. The van der Waals surface area contributed by atoms with Crippen molar-refractivity contribution < 1.29 is 23.9 Å². The average molecular weight is 493 g/mol. The molecule has 2 aromatic carbocycles. The first-order chi connectivity index (χ1) is 16.9. The van der Waals surface area contributed by atoms with Crippen molar-refractivity contribution in [1.29, 1.82) is 0 Å². The highest BCUT2D eigenvalue weighted by atomic mass is 32.1. The Morgan fingerprint density at radius 3 is 2.60 bits per heavy atom. The summed E-state index contributed by atoms with van der Waals surface area (Å²) in [5, 5.41) is 8.11. The molecule has 0 aliphatic heterocycles. The van der Waals surface area contributed by atoms with E-state index >= 15 is 0 Å². The van der Waals surface area contributed by atoms with E-state index in [2.05, 4.69) is 10.4 Å². The first-order valence-corrected chi connectivity index (χ1v) is 11.6. The smallest absolute Gasteiger partial charge is 0.348 e. The van der Waals surface area contributed by atoms with Crippen molar-refractivity contribution in [2.75, 3.05) is 32.6 Å². The standard InChI is InChI=1S/C25H24N4O5S/c1-16-20-13-21(35-24(20)29(27-16)18-9-5-4-6-10-18)25(32)34-15-23(31)28(2)14-22(30)26-17-8-7-11-19(12-17)33-3/h4-13H,14-15H2,1-3H3,(H,26,30). The molecule has 2 aromatic heterocycles. The van der Waals surface area contributed by atoms with E-state index in [4.69, 9.17) is 9.47 Å². The largest absolute Gasteiger partial charge is 0.497 e. The SMILES string of the molecule is COc1cccc(NC(=O)CN(C)C(=O)COC(=O)c2cc3c(C)nn(-c4ccccc4)c3s2)c1. The molecular formula is C25H24N4O5S. The van der Waals surface area contributed by atoms with Gasteiger partial charge in [0.2, 0.25) is 5.91 Å². The fraction of sp³-hybridized carbons (Fsp3) is 0.200. The highest BCUT2D eigenvalue weighted by Crippen LogP contribution is 2.30. The molecule has 0 unspecified atom stereocenters. The molecule has 0 aliphatic carbocycles. The summed E-state index contributed by atoms with van der Waals surface area (Å²) >= 11 is 1.25. The molecule has 0 saturated carbocycles. The Kier molecular flexibility index (Phi) is 7.11. The number of likely N-dealkylation sites (N-methyl/N-ethyl adjacent to an activating group) is 1. The lowest BCUT2D eigenvalue weighted by Gasteiger charge is -2.16. The van der Waals surface area contributed by atoms with Crippen molar-refractivity contribution in [3.05, 3.63) is 71.2 Å². The van der Waals surface area contributed by atoms with Crippen LogP contribution < -0.4 is 10.1 Å². The van der Waals surface area contributed by atoms with E-state index in [1.165, 1.54) is 30.4 Å². The molecule has 9 nitrogen and oxygen atoms in total. The minimum atomic E-state index is -0.604. The number of carbonyl (C=O) groups excluding carboxylic acids is 3. The topological polar surface area (TPSA) is 103 Å².